The average molecular weight is 631 g/mol. The number of aromatic nitrogens is 2. The minimum absolute atomic E-state index is 0.0235. The molecule has 1 aliphatic heterocycles. The summed E-state index contributed by atoms with van der Waals surface area (Å²) < 4.78 is 61.9. The van der Waals surface area contributed by atoms with Gasteiger partial charge in [-0.1, -0.05) is 48.5 Å². The molecule has 1 aromatic heterocycles. The SMILES string of the molecule is CCOC(=O)C1CCN(S(=O)(=O)c2cccc(-c3nn(-c4ccccc4)cc3/C=C(/C#N)S(=O)(=O)c3ccccc3)c2)CC1. The van der Waals surface area contributed by atoms with Crippen molar-refractivity contribution < 1.29 is 26.4 Å². The summed E-state index contributed by atoms with van der Waals surface area (Å²) in [5, 5.41) is 14.6. The van der Waals surface area contributed by atoms with Gasteiger partial charge in [0.25, 0.3) is 0 Å². The van der Waals surface area contributed by atoms with E-state index in [1.165, 1.54) is 34.6 Å². The molecule has 5 rings (SSSR count). The number of carbonyl (C=O) groups is 1. The van der Waals surface area contributed by atoms with E-state index < -0.39 is 24.8 Å². The second-order valence-corrected chi connectivity index (χ2v) is 14.0. The van der Waals surface area contributed by atoms with E-state index in [1.54, 1.807) is 48.1 Å². The number of rotatable bonds is 9. The van der Waals surface area contributed by atoms with Gasteiger partial charge in [-0.05, 0) is 62.2 Å². The van der Waals surface area contributed by atoms with Gasteiger partial charge < -0.3 is 4.74 Å². The molecular weight excluding hydrogens is 601 g/mol. The normalized spacial score (nSPS) is 15.0. The van der Waals surface area contributed by atoms with Crippen LogP contribution in [0.5, 0.6) is 0 Å². The van der Waals surface area contributed by atoms with Crippen LogP contribution in [0.15, 0.2) is 106 Å². The van der Waals surface area contributed by atoms with Gasteiger partial charge >= 0.3 is 5.97 Å². The summed E-state index contributed by atoms with van der Waals surface area (Å²) in [6.07, 6.45) is 3.58. The molecule has 1 fully saturated rings. The lowest BCUT2D eigenvalue weighted by atomic mass is 9.98. The fourth-order valence-electron chi connectivity index (χ4n) is 5.01. The Morgan fingerprint density at radius 2 is 1.59 bits per heavy atom. The zero-order chi connectivity index (χ0) is 31.3. The Kier molecular flexibility index (Phi) is 9.10. The molecule has 2 heterocycles. The molecule has 1 aliphatic rings. The summed E-state index contributed by atoms with van der Waals surface area (Å²) in [6, 6.07) is 24.8. The minimum atomic E-state index is -4.14. The fourth-order valence-corrected chi connectivity index (χ4v) is 7.70. The van der Waals surface area contributed by atoms with Crippen molar-refractivity contribution in [2.75, 3.05) is 19.7 Å². The lowest BCUT2D eigenvalue weighted by Gasteiger charge is -2.30. The first-order valence-corrected chi connectivity index (χ1v) is 16.9. The van der Waals surface area contributed by atoms with Gasteiger partial charge in [-0.3, -0.25) is 4.79 Å². The van der Waals surface area contributed by atoms with Crippen LogP contribution in [0.1, 0.15) is 25.3 Å². The molecule has 0 bridgehead atoms. The molecule has 0 amide bonds. The molecule has 0 saturated carbocycles. The molecular formula is C32H30N4O6S2. The van der Waals surface area contributed by atoms with Gasteiger partial charge in [0.15, 0.2) is 0 Å². The number of hydrogen-bond acceptors (Lipinski definition) is 8. The van der Waals surface area contributed by atoms with Crippen molar-refractivity contribution in [1.82, 2.24) is 14.1 Å². The Morgan fingerprint density at radius 3 is 2.23 bits per heavy atom. The number of carbonyl (C=O) groups excluding carboxylic acids is 1. The van der Waals surface area contributed by atoms with E-state index in [2.05, 4.69) is 5.10 Å². The first kappa shape index (κ1) is 30.9. The van der Waals surface area contributed by atoms with Gasteiger partial charge in [-0.25, -0.2) is 21.5 Å². The smallest absolute Gasteiger partial charge is 0.309 e. The second kappa shape index (κ2) is 13.0. The Balaban J connectivity index is 1.54. The third kappa shape index (κ3) is 6.35. The number of hydrogen-bond donors (Lipinski definition) is 0. The zero-order valence-electron chi connectivity index (χ0n) is 23.9. The molecule has 0 unspecified atom stereocenters. The topological polar surface area (TPSA) is 139 Å². The summed E-state index contributed by atoms with van der Waals surface area (Å²) in [6.45, 7) is 2.36. The van der Waals surface area contributed by atoms with Gasteiger partial charge in [0.1, 0.15) is 16.7 Å². The van der Waals surface area contributed by atoms with Gasteiger partial charge in [-0.2, -0.15) is 14.7 Å². The van der Waals surface area contributed by atoms with E-state index in [0.29, 0.717) is 35.3 Å². The van der Waals surface area contributed by atoms with Crippen LogP contribution in [0, 0.1) is 17.2 Å². The van der Waals surface area contributed by atoms with Crippen LogP contribution in [0.2, 0.25) is 0 Å². The van der Waals surface area contributed by atoms with E-state index in [-0.39, 0.29) is 41.4 Å². The minimum Gasteiger partial charge on any atom is -0.466 e. The van der Waals surface area contributed by atoms with E-state index in [9.17, 15) is 26.9 Å². The van der Waals surface area contributed by atoms with E-state index in [4.69, 9.17) is 4.74 Å². The number of nitrogens with zero attached hydrogens (tertiary/aromatic N) is 4. The second-order valence-electron chi connectivity index (χ2n) is 10.1. The van der Waals surface area contributed by atoms with Crippen molar-refractivity contribution >= 4 is 31.9 Å². The van der Waals surface area contributed by atoms with Crippen molar-refractivity contribution in [3.63, 3.8) is 0 Å². The monoisotopic (exact) mass is 630 g/mol. The van der Waals surface area contributed by atoms with Crippen LogP contribution in [0.4, 0.5) is 0 Å². The molecule has 1 saturated heterocycles. The molecule has 12 heteroatoms. The number of sulfonamides is 1. The first-order chi connectivity index (χ1) is 21.1. The number of sulfone groups is 1. The summed E-state index contributed by atoms with van der Waals surface area (Å²) >= 11 is 0. The van der Waals surface area contributed by atoms with Gasteiger partial charge in [0.2, 0.25) is 19.9 Å². The number of para-hydroxylation sites is 1. The first-order valence-electron chi connectivity index (χ1n) is 14.0. The number of ether oxygens (including phenoxy) is 1. The quantitative estimate of drug-likeness (QED) is 0.189. The Bertz CT molecular complexity index is 1940. The Hall–Kier alpha value is -4.57. The Morgan fingerprint density at radius 1 is 0.955 bits per heavy atom. The lowest BCUT2D eigenvalue weighted by Crippen LogP contribution is -2.40. The molecule has 0 atom stereocenters. The third-order valence-corrected chi connectivity index (χ3v) is 10.9. The zero-order valence-corrected chi connectivity index (χ0v) is 25.5. The van der Waals surface area contributed by atoms with Crippen LogP contribution in [0.3, 0.4) is 0 Å². The molecule has 10 nitrogen and oxygen atoms in total. The predicted molar refractivity (Wildman–Crippen MR) is 164 cm³/mol. The largest absolute Gasteiger partial charge is 0.466 e. The van der Waals surface area contributed by atoms with Crippen LogP contribution >= 0.6 is 0 Å². The van der Waals surface area contributed by atoms with Gasteiger partial charge in [-0.15, -0.1) is 0 Å². The Labute approximate surface area is 256 Å². The molecule has 44 heavy (non-hydrogen) atoms. The number of piperidine rings is 1. The molecule has 0 aliphatic carbocycles. The molecule has 4 aromatic rings. The van der Waals surface area contributed by atoms with Crippen molar-refractivity contribution in [2.24, 2.45) is 5.92 Å². The highest BCUT2D eigenvalue weighted by atomic mass is 32.2. The molecule has 0 N–H and O–H groups in total. The predicted octanol–water partition coefficient (Wildman–Crippen LogP) is 4.84. The molecule has 0 radical (unpaired) electrons. The van der Waals surface area contributed by atoms with Gasteiger partial charge in [0.05, 0.1) is 28.0 Å². The number of nitriles is 1. The summed E-state index contributed by atoms with van der Waals surface area (Å²) in [5.41, 5.74) is 1.71. The van der Waals surface area contributed by atoms with Crippen molar-refractivity contribution in [3.05, 3.63) is 102 Å². The molecule has 0 spiro atoms. The standard InChI is InChI=1S/C32H30N4O6S2/c1-2-42-32(37)24-16-18-35(19-17-24)44(40,41)29-15-9-10-25(20-29)31-26(23-36(34-31)27-11-5-3-6-12-27)21-30(22-33)43(38,39)28-13-7-4-8-14-28/h3-15,20-21,23-24H,2,16-19H2,1H3/b30-21-. The lowest BCUT2D eigenvalue weighted by molar-refractivity contribution is -0.149. The molecule has 226 valence electrons. The van der Waals surface area contributed by atoms with Crippen LogP contribution in [-0.4, -0.2) is 56.6 Å². The maximum atomic E-state index is 13.6. The van der Waals surface area contributed by atoms with Crippen LogP contribution in [-0.2, 0) is 29.4 Å². The van der Waals surface area contributed by atoms with E-state index in [0.717, 1.165) is 0 Å². The van der Waals surface area contributed by atoms with E-state index in [1.807, 2.05) is 36.4 Å². The average Bonchev–Trinajstić information content (AvgIpc) is 3.48. The van der Waals surface area contributed by atoms with Crippen LogP contribution in [0.25, 0.3) is 23.0 Å². The highest BCUT2D eigenvalue weighted by molar-refractivity contribution is 7.95. The summed E-state index contributed by atoms with van der Waals surface area (Å²) in [4.78, 5) is 11.7. The van der Waals surface area contributed by atoms with Crippen molar-refractivity contribution in [1.29, 1.82) is 5.26 Å². The van der Waals surface area contributed by atoms with Crippen molar-refractivity contribution in [2.45, 2.75) is 29.6 Å². The van der Waals surface area contributed by atoms with E-state index >= 15 is 0 Å². The summed E-state index contributed by atoms with van der Waals surface area (Å²) in [5.74, 6) is -0.655. The summed E-state index contributed by atoms with van der Waals surface area (Å²) in [7, 11) is -8.05. The van der Waals surface area contributed by atoms with Gasteiger partial charge in [0, 0.05) is 30.4 Å². The third-order valence-electron chi connectivity index (χ3n) is 7.32. The maximum Gasteiger partial charge on any atom is 0.309 e. The number of esters is 1. The highest BCUT2D eigenvalue weighted by Crippen LogP contribution is 2.31. The van der Waals surface area contributed by atoms with Crippen molar-refractivity contribution in [3.8, 4) is 23.0 Å². The van der Waals surface area contributed by atoms with Crippen LogP contribution < -0.4 is 0 Å². The molecule has 3 aromatic carbocycles. The fraction of sp³-hybridized carbons (Fsp3) is 0.219. The maximum absolute atomic E-state index is 13.6. The number of allylic oxidation sites excluding steroid dienone is 1. The number of benzene rings is 3. The highest BCUT2D eigenvalue weighted by Gasteiger charge is 2.33.